The van der Waals surface area contributed by atoms with Gasteiger partial charge in [0, 0.05) is 25.7 Å². The van der Waals surface area contributed by atoms with Crippen molar-refractivity contribution in [1.29, 1.82) is 0 Å². The number of rotatable bonds is 4. The molecule has 1 saturated heterocycles. The summed E-state index contributed by atoms with van der Waals surface area (Å²) in [6.45, 7) is 3.00. The van der Waals surface area contributed by atoms with E-state index in [1.807, 2.05) is 12.1 Å². The van der Waals surface area contributed by atoms with Gasteiger partial charge >= 0.3 is 0 Å². The Labute approximate surface area is 142 Å². The lowest BCUT2D eigenvalue weighted by molar-refractivity contribution is 0.0904. The monoisotopic (exact) mass is 351 g/mol. The number of allylic oxidation sites excluding steroid dienone is 2. The van der Waals surface area contributed by atoms with Gasteiger partial charge in [-0.05, 0) is 37.0 Å². The number of nitrogens with one attached hydrogen (secondary N) is 1. The van der Waals surface area contributed by atoms with Crippen LogP contribution >= 0.6 is 0 Å². The lowest BCUT2D eigenvalue weighted by Crippen LogP contribution is -2.28. The summed E-state index contributed by atoms with van der Waals surface area (Å²) < 4.78 is 44.2. The molecule has 128 valence electrons. The lowest BCUT2D eigenvalue weighted by atomic mass is 10.0. The summed E-state index contributed by atoms with van der Waals surface area (Å²) >= 11 is 0. The highest BCUT2D eigenvalue weighted by atomic mass is 32.2. The Morgan fingerprint density at radius 3 is 2.79 bits per heavy atom. The van der Waals surface area contributed by atoms with Crippen LogP contribution < -0.4 is 5.32 Å². The topological polar surface area (TPSA) is 38.3 Å². The first-order chi connectivity index (χ1) is 11.6. The molecule has 1 N–H and O–H groups in total. The molecule has 0 amide bonds. The van der Waals surface area contributed by atoms with Crippen LogP contribution in [0.4, 0.5) is 14.5 Å². The quantitative estimate of drug-likeness (QED) is 0.839. The predicted molar refractivity (Wildman–Crippen MR) is 91.3 cm³/mol. The van der Waals surface area contributed by atoms with E-state index >= 15 is 0 Å². The molecule has 3 rings (SSSR count). The largest absolute Gasteiger partial charge is 0.381 e. The van der Waals surface area contributed by atoms with Crippen LogP contribution in [0, 0.1) is 11.8 Å². The molecule has 1 fully saturated rings. The minimum atomic E-state index is -2.50. The molecule has 1 aromatic carbocycles. The van der Waals surface area contributed by atoms with E-state index in [1.165, 1.54) is 0 Å². The Kier molecular flexibility index (Phi) is 5.32. The van der Waals surface area contributed by atoms with Crippen LogP contribution in [0.25, 0.3) is 5.57 Å². The normalized spacial score (nSPS) is 20.8. The molecule has 2 heterocycles. The van der Waals surface area contributed by atoms with Crippen molar-refractivity contribution in [2.75, 3.05) is 18.5 Å². The fourth-order valence-electron chi connectivity index (χ4n) is 3.08. The van der Waals surface area contributed by atoms with Gasteiger partial charge in [0.05, 0.1) is 26.3 Å². The summed E-state index contributed by atoms with van der Waals surface area (Å²) in [5.74, 6) is 5.47. The fraction of sp³-hybridized carbons (Fsp3) is 0.444. The van der Waals surface area contributed by atoms with Crippen molar-refractivity contribution in [2.24, 2.45) is 0 Å². The second-order valence-electron chi connectivity index (χ2n) is 5.76. The van der Waals surface area contributed by atoms with Gasteiger partial charge in [0.1, 0.15) is 0 Å². The molecule has 6 heteroatoms. The smallest absolute Gasteiger partial charge is 0.242 e. The molecule has 2 aliphatic heterocycles. The molecule has 1 unspecified atom stereocenters. The van der Waals surface area contributed by atoms with Gasteiger partial charge in [-0.1, -0.05) is 18.1 Å². The highest BCUT2D eigenvalue weighted by Gasteiger charge is 2.32. The number of hydrogen-bond donors (Lipinski definition) is 1. The van der Waals surface area contributed by atoms with Crippen LogP contribution in [0.3, 0.4) is 0 Å². The molecule has 0 spiro atoms. The van der Waals surface area contributed by atoms with Crippen molar-refractivity contribution in [3.63, 3.8) is 0 Å². The molecule has 1 atom stereocenters. The minimum Gasteiger partial charge on any atom is -0.381 e. The summed E-state index contributed by atoms with van der Waals surface area (Å²) in [5.41, 5.74) is 1.78. The third-order valence-electron chi connectivity index (χ3n) is 4.16. The van der Waals surface area contributed by atoms with E-state index in [-0.39, 0.29) is 6.04 Å². The second-order valence-corrected chi connectivity index (χ2v) is 7.11. The molecular formula is C18H19F2NO2S. The van der Waals surface area contributed by atoms with E-state index in [0.29, 0.717) is 34.2 Å². The van der Waals surface area contributed by atoms with Gasteiger partial charge in [0.2, 0.25) is 6.43 Å². The van der Waals surface area contributed by atoms with Gasteiger partial charge in [-0.3, -0.25) is 0 Å². The number of hydrogen-bond acceptors (Lipinski definition) is 3. The predicted octanol–water partition coefficient (Wildman–Crippen LogP) is 3.79. The molecule has 24 heavy (non-hydrogen) atoms. The number of alkyl halides is 2. The van der Waals surface area contributed by atoms with Gasteiger partial charge in [-0.25, -0.2) is 13.0 Å². The third-order valence-corrected chi connectivity index (χ3v) is 5.69. The number of benzene rings is 1. The average Bonchev–Trinajstić information content (AvgIpc) is 2.82. The molecular weight excluding hydrogens is 332 g/mol. The fourth-order valence-corrected chi connectivity index (χ4v) is 4.61. The maximum absolute atomic E-state index is 13.0. The Bertz CT molecular complexity index is 743. The van der Waals surface area contributed by atoms with Crippen LogP contribution in [0.5, 0.6) is 0 Å². The van der Waals surface area contributed by atoms with E-state index in [1.54, 1.807) is 13.0 Å². The number of anilines is 1. The first-order valence-corrected chi connectivity index (χ1v) is 9.10. The zero-order chi connectivity index (χ0) is 17.1. The van der Waals surface area contributed by atoms with E-state index in [9.17, 15) is 13.0 Å². The number of fused-ring (bicyclic) bond motifs is 1. The molecule has 3 nitrogen and oxygen atoms in total. The van der Waals surface area contributed by atoms with Crippen molar-refractivity contribution >= 4 is 22.1 Å². The molecule has 2 aliphatic rings. The standard InChI is InChI=1S/C18H19F2NO2S/c1-2-4-16-14(11-17(19)20)13-5-3-6-15(18(13)24(16)22)21-12-7-9-23-10-8-12/h3,5-6,12,17,21H,7-11H2,1H3. The van der Waals surface area contributed by atoms with Gasteiger partial charge in [0.25, 0.3) is 0 Å². The first kappa shape index (κ1) is 17.1. The molecule has 0 radical (unpaired) electrons. The molecule has 0 bridgehead atoms. The lowest BCUT2D eigenvalue weighted by Gasteiger charge is -2.25. The Hall–Kier alpha value is -1.71. The number of ether oxygens (including phenoxy) is 1. The van der Waals surface area contributed by atoms with Gasteiger partial charge in [-0.15, -0.1) is 5.92 Å². The minimum absolute atomic E-state index is 0.238. The average molecular weight is 351 g/mol. The SMILES string of the molecule is CC#CC1=C(CC(F)F)c2cccc(NC3CCOCC3)c2S1=O. The van der Waals surface area contributed by atoms with Crippen LogP contribution in [0.1, 0.15) is 31.7 Å². The van der Waals surface area contributed by atoms with Crippen LogP contribution in [-0.2, 0) is 15.5 Å². The van der Waals surface area contributed by atoms with Crippen molar-refractivity contribution < 1.29 is 17.7 Å². The van der Waals surface area contributed by atoms with Crippen molar-refractivity contribution in [3.8, 4) is 11.8 Å². The molecule has 0 aromatic heterocycles. The van der Waals surface area contributed by atoms with Crippen molar-refractivity contribution in [2.45, 2.75) is 43.5 Å². The maximum atomic E-state index is 13.0. The maximum Gasteiger partial charge on any atom is 0.242 e. The third kappa shape index (κ3) is 3.38. The van der Waals surface area contributed by atoms with Crippen molar-refractivity contribution in [1.82, 2.24) is 0 Å². The first-order valence-electron chi connectivity index (χ1n) is 7.95. The second kappa shape index (κ2) is 7.45. The molecule has 0 saturated carbocycles. The summed E-state index contributed by atoms with van der Waals surface area (Å²) in [5, 5.41) is 3.41. The summed E-state index contributed by atoms with van der Waals surface area (Å²) in [7, 11) is -1.52. The van der Waals surface area contributed by atoms with E-state index < -0.39 is 23.6 Å². The Morgan fingerprint density at radius 1 is 1.38 bits per heavy atom. The van der Waals surface area contributed by atoms with E-state index in [0.717, 1.165) is 18.5 Å². The summed E-state index contributed by atoms with van der Waals surface area (Å²) in [6.07, 6.45) is -1.18. The Morgan fingerprint density at radius 2 is 2.12 bits per heavy atom. The summed E-state index contributed by atoms with van der Waals surface area (Å²) in [6, 6.07) is 5.66. The zero-order valence-electron chi connectivity index (χ0n) is 13.4. The molecule has 1 aromatic rings. The molecule has 0 aliphatic carbocycles. The Balaban J connectivity index is 1.98. The van der Waals surface area contributed by atoms with E-state index in [4.69, 9.17) is 4.74 Å². The van der Waals surface area contributed by atoms with Gasteiger partial charge in [-0.2, -0.15) is 0 Å². The van der Waals surface area contributed by atoms with Crippen LogP contribution in [0.2, 0.25) is 0 Å². The summed E-state index contributed by atoms with van der Waals surface area (Å²) in [4.78, 5) is 0.895. The highest BCUT2D eigenvalue weighted by molar-refractivity contribution is 7.90. The van der Waals surface area contributed by atoms with Gasteiger partial charge in [0.15, 0.2) is 0 Å². The van der Waals surface area contributed by atoms with Gasteiger partial charge < -0.3 is 10.1 Å². The number of halogens is 2. The zero-order valence-corrected chi connectivity index (χ0v) is 14.2. The van der Waals surface area contributed by atoms with Crippen LogP contribution in [-0.4, -0.2) is 29.9 Å². The van der Waals surface area contributed by atoms with Crippen LogP contribution in [0.15, 0.2) is 28.0 Å². The highest BCUT2D eigenvalue weighted by Crippen LogP contribution is 2.43. The van der Waals surface area contributed by atoms with E-state index in [2.05, 4.69) is 17.2 Å². The van der Waals surface area contributed by atoms with Crippen molar-refractivity contribution in [3.05, 3.63) is 28.7 Å².